The predicted octanol–water partition coefficient (Wildman–Crippen LogP) is 11.1. The van der Waals surface area contributed by atoms with Crippen LogP contribution >= 0.6 is 0 Å². The Balaban J connectivity index is 1.27. The van der Waals surface area contributed by atoms with Crippen molar-refractivity contribution in [3.05, 3.63) is 164 Å². The van der Waals surface area contributed by atoms with Crippen molar-refractivity contribution in [2.24, 2.45) is 0 Å². The first-order chi connectivity index (χ1) is 26.9. The maximum absolute atomic E-state index is 8.58. The van der Waals surface area contributed by atoms with Crippen LogP contribution in [0.25, 0.3) is 88.7 Å². The maximum Gasteiger partial charge on any atom is 0.164 e. The first kappa shape index (κ1) is 17.9. The number of benzene rings is 8. The molecule has 214 valence electrons. The first-order valence-corrected chi connectivity index (χ1v) is 14.7. The van der Waals surface area contributed by atoms with E-state index in [9.17, 15) is 0 Å². The highest BCUT2D eigenvalue weighted by Crippen LogP contribution is 2.37. The Bertz CT molecular complexity index is 2860. The molecule has 0 unspecified atom stereocenters. The van der Waals surface area contributed by atoms with Gasteiger partial charge in [0.25, 0.3) is 0 Å². The molecule has 1 heterocycles. The normalized spacial score (nSPS) is 14.5. The summed E-state index contributed by atoms with van der Waals surface area (Å²) < 4.78 is 83.3. The molecule has 8 aromatic carbocycles. The number of hydrogen-bond donors (Lipinski definition) is 0. The quantitative estimate of drug-likeness (QED) is 0.186. The van der Waals surface area contributed by atoms with E-state index in [0.717, 1.165) is 26.9 Å². The lowest BCUT2D eigenvalue weighted by atomic mass is 9.93. The lowest BCUT2D eigenvalue weighted by Gasteiger charge is -2.13. The molecule has 0 aliphatic heterocycles. The molecule has 3 nitrogen and oxygen atoms in total. The average Bonchev–Trinajstić information content (AvgIpc) is 3.22. The largest absolute Gasteiger partial charge is 0.208 e. The Morgan fingerprint density at radius 1 is 0.326 bits per heavy atom. The van der Waals surface area contributed by atoms with Crippen LogP contribution in [0, 0.1) is 0 Å². The van der Waals surface area contributed by atoms with Gasteiger partial charge in [-0.15, -0.1) is 0 Å². The number of rotatable bonds is 5. The van der Waals surface area contributed by atoms with Gasteiger partial charge in [-0.1, -0.05) is 139 Å². The molecule has 0 bridgehead atoms. The van der Waals surface area contributed by atoms with Crippen molar-refractivity contribution in [1.29, 1.82) is 0 Å². The van der Waals surface area contributed by atoms with E-state index in [4.69, 9.17) is 28.7 Å². The van der Waals surface area contributed by atoms with Crippen molar-refractivity contribution in [2.75, 3.05) is 0 Å². The SMILES string of the molecule is [2H]c1c([2H])c([2H])c(-c2cccc(-c3nc(-c4cccc(-c5c([2H])c([2H])c([2H])c([2H])c5[2H])c4)nc(-c4cc5ccc6cccc7ccc(c4)c5c67)n3)c2)c([2H])c1[2H]. The molecule has 9 aromatic rings. The summed E-state index contributed by atoms with van der Waals surface area (Å²) in [6.07, 6.45) is 0. The van der Waals surface area contributed by atoms with Crippen LogP contribution in [0.3, 0.4) is 0 Å². The fraction of sp³-hybridized carbons (Fsp3) is 0. The van der Waals surface area contributed by atoms with Crippen LogP contribution < -0.4 is 0 Å². The Morgan fingerprint density at radius 2 is 0.717 bits per heavy atom. The van der Waals surface area contributed by atoms with Gasteiger partial charge in [-0.05, 0) is 78.8 Å². The van der Waals surface area contributed by atoms with Gasteiger partial charge >= 0.3 is 0 Å². The minimum absolute atomic E-state index is 0.0469. The Kier molecular flexibility index (Phi) is 4.20. The minimum Gasteiger partial charge on any atom is -0.208 e. The van der Waals surface area contributed by atoms with Crippen LogP contribution in [0.5, 0.6) is 0 Å². The molecule has 0 aliphatic carbocycles. The lowest BCUT2D eigenvalue weighted by molar-refractivity contribution is 1.07. The van der Waals surface area contributed by atoms with Crippen molar-refractivity contribution in [3.63, 3.8) is 0 Å². The van der Waals surface area contributed by atoms with Gasteiger partial charge in [0.1, 0.15) is 0 Å². The Hall–Kier alpha value is -6.19. The standard InChI is InChI=1S/C43H27N3/c1-3-10-28(11-4-1)32-16-8-18-36(24-32)41-44-42(37-19-9-17-33(25-37)29-12-5-2-6-13-29)46-43(45-41)38-26-34-22-20-30-14-7-15-31-21-23-35(27-38)40(34)39(30)31/h1-27H/i1D,2D,3D,4D,5D,6D,10D,11D,12D,13D. The van der Waals surface area contributed by atoms with Crippen LogP contribution in [0.15, 0.2) is 164 Å². The minimum atomic E-state index is -0.481. The molecule has 0 radical (unpaired) electrons. The van der Waals surface area contributed by atoms with E-state index in [1.165, 1.54) is 5.39 Å². The molecule has 0 spiro atoms. The second kappa shape index (κ2) is 10.8. The van der Waals surface area contributed by atoms with Crippen molar-refractivity contribution in [1.82, 2.24) is 15.0 Å². The van der Waals surface area contributed by atoms with Crippen molar-refractivity contribution in [3.8, 4) is 56.4 Å². The van der Waals surface area contributed by atoms with Crippen molar-refractivity contribution < 1.29 is 13.7 Å². The molecule has 3 heteroatoms. The van der Waals surface area contributed by atoms with Gasteiger partial charge in [0.05, 0.1) is 13.7 Å². The van der Waals surface area contributed by atoms with E-state index in [-0.39, 0.29) is 46.9 Å². The molecule has 0 fully saturated rings. The summed E-state index contributed by atoms with van der Waals surface area (Å²) in [6, 6.07) is 28.2. The third-order valence-corrected chi connectivity index (χ3v) is 8.18. The summed E-state index contributed by atoms with van der Waals surface area (Å²) in [7, 11) is 0. The maximum atomic E-state index is 8.58. The van der Waals surface area contributed by atoms with E-state index < -0.39 is 36.3 Å². The predicted molar refractivity (Wildman–Crippen MR) is 191 cm³/mol. The summed E-state index contributed by atoms with van der Waals surface area (Å²) in [5, 5.41) is 6.55. The molecule has 0 saturated carbocycles. The molecule has 46 heavy (non-hydrogen) atoms. The van der Waals surface area contributed by atoms with Crippen LogP contribution in [0.2, 0.25) is 0 Å². The summed E-state index contributed by atoms with van der Waals surface area (Å²) in [4.78, 5) is 14.8. The third-order valence-electron chi connectivity index (χ3n) is 8.18. The van der Waals surface area contributed by atoms with E-state index in [1.807, 2.05) is 18.2 Å². The van der Waals surface area contributed by atoms with Gasteiger partial charge < -0.3 is 0 Å². The average molecular weight is 596 g/mol. The third kappa shape index (κ3) is 4.58. The molecule has 0 N–H and O–H groups in total. The molecular weight excluding hydrogens is 558 g/mol. The fourth-order valence-corrected chi connectivity index (χ4v) is 6.06. The van der Waals surface area contributed by atoms with E-state index in [2.05, 4.69) is 36.4 Å². The zero-order valence-corrected chi connectivity index (χ0v) is 24.2. The number of nitrogens with zero attached hydrogens (tertiary/aromatic N) is 3. The molecule has 0 saturated heterocycles. The highest BCUT2D eigenvalue weighted by atomic mass is 15.0. The number of hydrogen-bond acceptors (Lipinski definition) is 3. The topological polar surface area (TPSA) is 38.7 Å². The molecule has 0 aliphatic rings. The molecule has 0 atom stereocenters. The highest BCUT2D eigenvalue weighted by Gasteiger charge is 2.16. The Morgan fingerprint density at radius 3 is 1.22 bits per heavy atom. The molecular formula is C43H27N3. The monoisotopic (exact) mass is 595 g/mol. The lowest BCUT2D eigenvalue weighted by Crippen LogP contribution is -2.00. The van der Waals surface area contributed by atoms with Gasteiger partial charge in [-0.2, -0.15) is 0 Å². The second-order valence-electron chi connectivity index (χ2n) is 11.0. The van der Waals surface area contributed by atoms with Gasteiger partial charge in [-0.25, -0.2) is 15.0 Å². The van der Waals surface area contributed by atoms with Crippen molar-refractivity contribution in [2.45, 2.75) is 0 Å². The van der Waals surface area contributed by atoms with Crippen LogP contribution in [0.1, 0.15) is 13.7 Å². The van der Waals surface area contributed by atoms with E-state index in [1.54, 1.807) is 48.5 Å². The van der Waals surface area contributed by atoms with Crippen molar-refractivity contribution >= 4 is 32.3 Å². The zero-order valence-electron chi connectivity index (χ0n) is 34.2. The molecule has 1 aromatic heterocycles. The fourth-order valence-electron chi connectivity index (χ4n) is 6.06. The molecule has 0 amide bonds. The van der Waals surface area contributed by atoms with E-state index >= 15 is 0 Å². The van der Waals surface area contributed by atoms with Crippen LogP contribution in [-0.2, 0) is 0 Å². The van der Waals surface area contributed by atoms with Crippen LogP contribution in [0.4, 0.5) is 0 Å². The zero-order chi connectivity index (χ0) is 39.2. The Labute approximate surface area is 280 Å². The second-order valence-corrected chi connectivity index (χ2v) is 11.0. The highest BCUT2D eigenvalue weighted by molar-refractivity contribution is 6.23. The van der Waals surface area contributed by atoms with Gasteiger partial charge in [-0.3, -0.25) is 0 Å². The summed E-state index contributed by atoms with van der Waals surface area (Å²) >= 11 is 0. The van der Waals surface area contributed by atoms with Gasteiger partial charge in [0.15, 0.2) is 17.5 Å². The summed E-state index contributed by atoms with van der Waals surface area (Å²) in [6.45, 7) is 0. The number of aromatic nitrogens is 3. The summed E-state index contributed by atoms with van der Waals surface area (Å²) in [5.41, 5.74) is 2.57. The smallest absolute Gasteiger partial charge is 0.164 e. The van der Waals surface area contributed by atoms with E-state index in [0.29, 0.717) is 33.6 Å². The van der Waals surface area contributed by atoms with Gasteiger partial charge in [0.2, 0.25) is 0 Å². The van der Waals surface area contributed by atoms with Gasteiger partial charge in [0, 0.05) is 16.7 Å². The van der Waals surface area contributed by atoms with Crippen LogP contribution in [-0.4, -0.2) is 15.0 Å². The molecule has 9 rings (SSSR count). The summed E-state index contributed by atoms with van der Waals surface area (Å²) in [5.74, 6) is 0.840. The first-order valence-electron chi connectivity index (χ1n) is 19.7.